The molecule has 0 aliphatic carbocycles. The molecular formula is C19H15BrClF4N3O2S. The van der Waals surface area contributed by atoms with Crippen molar-refractivity contribution in [2.24, 2.45) is 0 Å². The van der Waals surface area contributed by atoms with Crippen molar-refractivity contribution >= 4 is 56.5 Å². The summed E-state index contributed by atoms with van der Waals surface area (Å²) >= 11 is 13.8. The highest BCUT2D eigenvalue weighted by Crippen LogP contribution is 2.34. The third kappa shape index (κ3) is 4.73. The van der Waals surface area contributed by atoms with E-state index in [1.54, 1.807) is 23.1 Å². The van der Waals surface area contributed by atoms with Gasteiger partial charge in [-0.2, -0.15) is 0 Å². The number of rotatable bonds is 3. The average molecular weight is 541 g/mol. The van der Waals surface area contributed by atoms with Crippen LogP contribution in [-0.2, 0) is 0 Å². The second-order valence-electron chi connectivity index (χ2n) is 6.50. The van der Waals surface area contributed by atoms with Gasteiger partial charge in [-0.05, 0) is 46.3 Å². The van der Waals surface area contributed by atoms with E-state index in [1.807, 2.05) is 0 Å². The van der Waals surface area contributed by atoms with Gasteiger partial charge in [0.25, 0.3) is 5.91 Å². The predicted octanol–water partition coefficient (Wildman–Crippen LogP) is 4.50. The van der Waals surface area contributed by atoms with Crippen LogP contribution in [0.3, 0.4) is 0 Å². The van der Waals surface area contributed by atoms with Crippen LogP contribution in [0, 0.1) is 23.3 Å². The minimum Gasteiger partial charge on any atom is -0.496 e. The Bertz CT molecular complexity index is 1020. The molecule has 166 valence electrons. The summed E-state index contributed by atoms with van der Waals surface area (Å²) in [6, 6.07) is 4.76. The van der Waals surface area contributed by atoms with Gasteiger partial charge < -0.3 is 14.5 Å². The summed E-state index contributed by atoms with van der Waals surface area (Å²) in [5.41, 5.74) is -0.484. The highest BCUT2D eigenvalue weighted by atomic mass is 79.9. The van der Waals surface area contributed by atoms with Crippen molar-refractivity contribution in [1.29, 1.82) is 0 Å². The van der Waals surface area contributed by atoms with Gasteiger partial charge in [0, 0.05) is 31.7 Å². The van der Waals surface area contributed by atoms with Crippen LogP contribution in [-0.4, -0.2) is 49.2 Å². The van der Waals surface area contributed by atoms with Crippen molar-refractivity contribution < 1.29 is 27.1 Å². The number of methoxy groups -OCH3 is 1. The number of benzene rings is 2. The van der Waals surface area contributed by atoms with Crippen molar-refractivity contribution in [3.05, 3.63) is 56.5 Å². The lowest BCUT2D eigenvalue weighted by molar-refractivity contribution is 0.0973. The molecule has 2 aromatic rings. The first-order valence-electron chi connectivity index (χ1n) is 8.85. The fourth-order valence-electron chi connectivity index (χ4n) is 3.06. The van der Waals surface area contributed by atoms with Crippen LogP contribution in [0.5, 0.6) is 5.75 Å². The molecule has 3 rings (SSSR count). The topological polar surface area (TPSA) is 44.8 Å². The van der Waals surface area contributed by atoms with Crippen LogP contribution in [0.25, 0.3) is 0 Å². The maximum Gasteiger partial charge on any atom is 0.257 e. The van der Waals surface area contributed by atoms with Gasteiger partial charge in [0.15, 0.2) is 28.4 Å². The minimum atomic E-state index is -1.65. The Morgan fingerprint density at radius 3 is 2.19 bits per heavy atom. The minimum absolute atomic E-state index is 0.0123. The Morgan fingerprint density at radius 1 is 1.10 bits per heavy atom. The Morgan fingerprint density at radius 2 is 1.68 bits per heavy atom. The smallest absolute Gasteiger partial charge is 0.257 e. The number of hydrogen-bond donors (Lipinski definition) is 1. The van der Waals surface area contributed by atoms with Crippen LogP contribution in [0.15, 0.2) is 22.7 Å². The summed E-state index contributed by atoms with van der Waals surface area (Å²) in [6.45, 7) is 0.350. The molecule has 1 saturated heterocycles. The molecule has 1 heterocycles. The molecule has 0 atom stereocenters. The number of halogens is 6. The molecule has 0 saturated carbocycles. The highest BCUT2D eigenvalue weighted by molar-refractivity contribution is 9.10. The van der Waals surface area contributed by atoms with E-state index in [-0.39, 0.29) is 31.3 Å². The number of anilines is 1. The Hall–Kier alpha value is -2.11. The Kier molecular flexibility index (Phi) is 7.28. The molecule has 1 N–H and O–H groups in total. The first kappa shape index (κ1) is 23.6. The molecule has 0 spiro atoms. The van der Waals surface area contributed by atoms with Crippen LogP contribution in [0.2, 0.25) is 5.02 Å². The zero-order valence-electron chi connectivity index (χ0n) is 15.9. The number of piperazine rings is 1. The van der Waals surface area contributed by atoms with Crippen molar-refractivity contribution in [3.8, 4) is 5.75 Å². The molecule has 0 radical (unpaired) electrons. The quantitative estimate of drug-likeness (QED) is 0.269. The fraction of sp³-hybridized carbons (Fsp3) is 0.263. The van der Waals surface area contributed by atoms with Crippen LogP contribution in [0.1, 0.15) is 10.4 Å². The first-order valence-corrected chi connectivity index (χ1v) is 10.4. The van der Waals surface area contributed by atoms with E-state index >= 15 is 0 Å². The number of amides is 1. The number of ether oxygens (including phenoxy) is 1. The maximum atomic E-state index is 14.2. The van der Waals surface area contributed by atoms with E-state index < -0.39 is 39.9 Å². The summed E-state index contributed by atoms with van der Waals surface area (Å²) in [5, 5.41) is 1.47. The SMILES string of the molecule is COc1ccc(C(=O)NC(=S)N2CCN(c3c(F)c(F)c(Cl)c(F)c3F)CC2)cc1Br. The fourth-order valence-corrected chi connectivity index (χ4v) is 4.04. The van der Waals surface area contributed by atoms with E-state index in [1.165, 1.54) is 7.11 Å². The molecule has 0 bridgehead atoms. The highest BCUT2D eigenvalue weighted by Gasteiger charge is 2.30. The molecule has 1 fully saturated rings. The normalized spacial score (nSPS) is 13.9. The van der Waals surface area contributed by atoms with Crippen molar-refractivity contribution in [2.75, 3.05) is 38.2 Å². The van der Waals surface area contributed by atoms with E-state index in [0.717, 1.165) is 4.90 Å². The molecule has 12 heteroatoms. The third-order valence-electron chi connectivity index (χ3n) is 4.70. The molecule has 1 amide bonds. The zero-order chi connectivity index (χ0) is 22.9. The van der Waals surface area contributed by atoms with Crippen LogP contribution in [0.4, 0.5) is 23.2 Å². The van der Waals surface area contributed by atoms with E-state index in [0.29, 0.717) is 15.8 Å². The van der Waals surface area contributed by atoms with Gasteiger partial charge in [0.1, 0.15) is 16.5 Å². The van der Waals surface area contributed by atoms with Crippen molar-refractivity contribution in [1.82, 2.24) is 10.2 Å². The lowest BCUT2D eigenvalue weighted by atomic mass is 10.2. The van der Waals surface area contributed by atoms with Gasteiger partial charge in [0.2, 0.25) is 0 Å². The van der Waals surface area contributed by atoms with Crippen molar-refractivity contribution in [3.63, 3.8) is 0 Å². The summed E-state index contributed by atoms with van der Waals surface area (Å²) in [6.07, 6.45) is 0. The summed E-state index contributed by atoms with van der Waals surface area (Å²) in [7, 11) is 1.50. The lowest BCUT2D eigenvalue weighted by Crippen LogP contribution is -2.53. The number of nitrogens with one attached hydrogen (secondary N) is 1. The van der Waals surface area contributed by atoms with Gasteiger partial charge in [-0.25, -0.2) is 17.6 Å². The third-order valence-corrected chi connectivity index (χ3v) is 6.02. The number of nitrogens with zero attached hydrogens (tertiary/aromatic N) is 2. The summed E-state index contributed by atoms with van der Waals surface area (Å²) < 4.78 is 61.5. The monoisotopic (exact) mass is 539 g/mol. The van der Waals surface area contributed by atoms with Gasteiger partial charge in [-0.3, -0.25) is 10.1 Å². The Labute approximate surface area is 194 Å². The molecule has 31 heavy (non-hydrogen) atoms. The molecule has 1 aliphatic rings. The summed E-state index contributed by atoms with van der Waals surface area (Å²) in [5.74, 6) is -6.30. The largest absolute Gasteiger partial charge is 0.496 e. The zero-order valence-corrected chi connectivity index (χ0v) is 19.1. The molecule has 0 aromatic heterocycles. The van der Waals surface area contributed by atoms with Gasteiger partial charge in [-0.15, -0.1) is 0 Å². The maximum absolute atomic E-state index is 14.2. The predicted molar refractivity (Wildman–Crippen MR) is 116 cm³/mol. The van der Waals surface area contributed by atoms with E-state index in [9.17, 15) is 22.4 Å². The van der Waals surface area contributed by atoms with Gasteiger partial charge >= 0.3 is 0 Å². The van der Waals surface area contributed by atoms with Crippen LogP contribution >= 0.6 is 39.7 Å². The summed E-state index contributed by atoms with van der Waals surface area (Å²) in [4.78, 5) is 15.2. The molecule has 2 aromatic carbocycles. The number of hydrogen-bond acceptors (Lipinski definition) is 4. The number of thiocarbonyl (C=S) groups is 1. The average Bonchev–Trinajstić information content (AvgIpc) is 2.76. The number of carbonyl (C=O) groups excluding carboxylic acids is 1. The van der Waals surface area contributed by atoms with Crippen LogP contribution < -0.4 is 15.0 Å². The second kappa shape index (κ2) is 9.58. The second-order valence-corrected chi connectivity index (χ2v) is 8.12. The van der Waals surface area contributed by atoms with Gasteiger partial charge in [-0.1, -0.05) is 11.6 Å². The van der Waals surface area contributed by atoms with Gasteiger partial charge in [0.05, 0.1) is 11.6 Å². The Balaban J connectivity index is 1.66. The molecular weight excluding hydrogens is 526 g/mol. The lowest BCUT2D eigenvalue weighted by Gasteiger charge is -2.37. The van der Waals surface area contributed by atoms with E-state index in [4.69, 9.17) is 28.6 Å². The van der Waals surface area contributed by atoms with Crippen molar-refractivity contribution in [2.45, 2.75) is 0 Å². The standard InChI is InChI=1S/C19H15BrClF4N3O2S/c1-30-11-3-2-9(8-10(11)20)18(29)26-19(31)28-6-4-27(5-7-28)17-15(24)13(22)12(21)14(23)16(17)25/h2-3,8H,4-7H2,1H3,(H,26,29,31). The molecule has 0 unspecified atom stereocenters. The first-order chi connectivity index (χ1) is 14.6. The molecule has 1 aliphatic heterocycles. The van der Waals surface area contributed by atoms with E-state index in [2.05, 4.69) is 21.2 Å². The number of carbonyl (C=O) groups is 1. The molecule has 5 nitrogen and oxygen atoms in total.